The topological polar surface area (TPSA) is 60.4 Å². The van der Waals surface area contributed by atoms with Crippen molar-refractivity contribution in [3.63, 3.8) is 0 Å². The molecular weight excluding hydrogens is 330 g/mol. The molecule has 0 saturated carbocycles. The van der Waals surface area contributed by atoms with Crippen LogP contribution >= 0.6 is 0 Å². The number of amides is 1. The highest BCUT2D eigenvalue weighted by Crippen LogP contribution is 2.13. The molecule has 1 amide bonds. The average Bonchev–Trinajstić information content (AvgIpc) is 2.66. The lowest BCUT2D eigenvalue weighted by Crippen LogP contribution is -2.53. The number of rotatable bonds is 5. The number of hydrogen-bond acceptors (Lipinski definition) is 4. The van der Waals surface area contributed by atoms with E-state index in [2.05, 4.69) is 46.3 Å². The minimum atomic E-state index is -0.227. The first-order chi connectivity index (χ1) is 12.5. The number of guanidine groups is 1. The number of nitrogens with zero attached hydrogens (tertiary/aromatic N) is 4. The van der Waals surface area contributed by atoms with E-state index in [4.69, 9.17) is 9.73 Å². The predicted molar refractivity (Wildman–Crippen MR) is 106 cm³/mol. The van der Waals surface area contributed by atoms with Crippen LogP contribution in [0.4, 0.5) is 10.5 Å². The van der Waals surface area contributed by atoms with Crippen molar-refractivity contribution >= 4 is 17.7 Å². The molecule has 0 bridgehead atoms. The van der Waals surface area contributed by atoms with Gasteiger partial charge in [0.1, 0.15) is 0 Å². The van der Waals surface area contributed by atoms with E-state index in [1.165, 1.54) is 11.3 Å². The summed E-state index contributed by atoms with van der Waals surface area (Å²) in [6, 6.07) is 8.44. The number of nitrogens with one attached hydrogen (secondary N) is 1. The van der Waals surface area contributed by atoms with E-state index in [9.17, 15) is 4.79 Å². The summed E-state index contributed by atoms with van der Waals surface area (Å²) in [5.74, 6) is 0.896. The highest BCUT2D eigenvalue weighted by molar-refractivity contribution is 5.80. The molecule has 0 spiro atoms. The van der Waals surface area contributed by atoms with Crippen LogP contribution < -0.4 is 10.2 Å². The Balaban J connectivity index is 1.95. The first-order valence-electron chi connectivity index (χ1n) is 9.26. The molecule has 0 radical (unpaired) electrons. The molecule has 0 aromatic heterocycles. The summed E-state index contributed by atoms with van der Waals surface area (Å²) in [6.45, 7) is 8.57. The van der Waals surface area contributed by atoms with E-state index in [-0.39, 0.29) is 6.09 Å². The molecule has 1 aliphatic heterocycles. The number of hydrogen-bond donors (Lipinski definition) is 1. The third kappa shape index (κ3) is 5.54. The van der Waals surface area contributed by atoms with Gasteiger partial charge in [-0.15, -0.1) is 0 Å². The van der Waals surface area contributed by atoms with E-state index in [0.29, 0.717) is 26.2 Å². The molecule has 1 heterocycles. The highest BCUT2D eigenvalue weighted by atomic mass is 16.6. The van der Waals surface area contributed by atoms with Gasteiger partial charge in [-0.1, -0.05) is 12.1 Å². The van der Waals surface area contributed by atoms with E-state index < -0.39 is 0 Å². The molecule has 0 unspecified atom stereocenters. The molecule has 7 heteroatoms. The fourth-order valence-corrected chi connectivity index (χ4v) is 2.81. The summed E-state index contributed by atoms with van der Waals surface area (Å²) in [7, 11) is 4.07. The first-order valence-corrected chi connectivity index (χ1v) is 9.26. The maximum Gasteiger partial charge on any atom is 0.409 e. The van der Waals surface area contributed by atoms with Crippen molar-refractivity contribution in [2.24, 2.45) is 4.99 Å². The summed E-state index contributed by atoms with van der Waals surface area (Å²) in [5, 5.41) is 3.35. The molecule has 1 saturated heterocycles. The lowest BCUT2D eigenvalue weighted by molar-refractivity contribution is 0.0914. The molecule has 1 aromatic rings. The zero-order valence-corrected chi connectivity index (χ0v) is 16.4. The number of piperazine rings is 1. The van der Waals surface area contributed by atoms with Gasteiger partial charge in [0.05, 0.1) is 13.2 Å². The number of anilines is 1. The molecule has 1 N–H and O–H groups in total. The van der Waals surface area contributed by atoms with Gasteiger partial charge in [-0.2, -0.15) is 0 Å². The van der Waals surface area contributed by atoms with E-state index in [1.807, 2.05) is 21.0 Å². The molecule has 26 heavy (non-hydrogen) atoms. The quantitative estimate of drug-likeness (QED) is 0.642. The molecule has 0 atom stereocenters. The van der Waals surface area contributed by atoms with E-state index in [0.717, 1.165) is 25.6 Å². The van der Waals surface area contributed by atoms with Gasteiger partial charge >= 0.3 is 6.09 Å². The third-order valence-corrected chi connectivity index (χ3v) is 4.30. The zero-order valence-electron chi connectivity index (χ0n) is 16.4. The van der Waals surface area contributed by atoms with Crippen LogP contribution in [0.5, 0.6) is 0 Å². The maximum atomic E-state index is 11.8. The minimum Gasteiger partial charge on any atom is -0.450 e. The minimum absolute atomic E-state index is 0.227. The van der Waals surface area contributed by atoms with Crippen LogP contribution in [-0.4, -0.2) is 75.3 Å². The highest BCUT2D eigenvalue weighted by Gasteiger charge is 2.23. The van der Waals surface area contributed by atoms with Crippen LogP contribution in [0.25, 0.3) is 0 Å². The Labute approximate surface area is 156 Å². The van der Waals surface area contributed by atoms with Crippen LogP contribution in [0.1, 0.15) is 19.4 Å². The lowest BCUT2D eigenvalue weighted by Gasteiger charge is -2.35. The number of ether oxygens (including phenoxy) is 1. The smallest absolute Gasteiger partial charge is 0.409 e. The number of carbonyl (C=O) groups excluding carboxylic acids is 1. The van der Waals surface area contributed by atoms with Gasteiger partial charge in [0.25, 0.3) is 0 Å². The Hall–Kier alpha value is -2.44. The van der Waals surface area contributed by atoms with E-state index in [1.54, 1.807) is 4.90 Å². The molecule has 2 rings (SSSR count). The molecule has 1 aliphatic rings. The van der Waals surface area contributed by atoms with Crippen LogP contribution in [0.3, 0.4) is 0 Å². The number of benzene rings is 1. The molecular formula is C19H31N5O2. The van der Waals surface area contributed by atoms with Crippen molar-refractivity contribution in [1.29, 1.82) is 0 Å². The molecule has 144 valence electrons. The van der Waals surface area contributed by atoms with Crippen LogP contribution in [0, 0.1) is 0 Å². The van der Waals surface area contributed by atoms with Crippen LogP contribution in [0.15, 0.2) is 29.3 Å². The third-order valence-electron chi connectivity index (χ3n) is 4.30. The van der Waals surface area contributed by atoms with Gasteiger partial charge in [0.2, 0.25) is 0 Å². The molecule has 1 fully saturated rings. The lowest BCUT2D eigenvalue weighted by atomic mass is 10.2. The van der Waals surface area contributed by atoms with Crippen molar-refractivity contribution in [1.82, 2.24) is 15.1 Å². The Morgan fingerprint density at radius 1 is 1.12 bits per heavy atom. The number of aliphatic imine (C=N–C) groups is 1. The summed E-state index contributed by atoms with van der Waals surface area (Å²) >= 11 is 0. The van der Waals surface area contributed by atoms with Crippen molar-refractivity contribution in [2.45, 2.75) is 20.4 Å². The largest absolute Gasteiger partial charge is 0.450 e. The monoisotopic (exact) mass is 361 g/mol. The fraction of sp³-hybridized carbons (Fsp3) is 0.579. The molecule has 7 nitrogen and oxygen atoms in total. The van der Waals surface area contributed by atoms with Gasteiger partial charge < -0.3 is 24.8 Å². The van der Waals surface area contributed by atoms with Gasteiger partial charge in [0, 0.05) is 52.5 Å². The number of carbonyl (C=O) groups is 1. The Morgan fingerprint density at radius 3 is 2.27 bits per heavy atom. The fourth-order valence-electron chi connectivity index (χ4n) is 2.81. The van der Waals surface area contributed by atoms with Crippen molar-refractivity contribution in [2.75, 3.05) is 58.3 Å². The molecule has 0 aliphatic carbocycles. The zero-order chi connectivity index (χ0) is 18.9. The van der Waals surface area contributed by atoms with Crippen molar-refractivity contribution < 1.29 is 9.53 Å². The maximum absolute atomic E-state index is 11.8. The predicted octanol–water partition coefficient (Wildman–Crippen LogP) is 1.99. The SMILES string of the molecule is CCNC(=NCc1ccc(N(C)C)cc1)N1CCN(C(=O)OCC)CC1. The summed E-state index contributed by atoms with van der Waals surface area (Å²) in [5.41, 5.74) is 2.36. The Bertz CT molecular complexity index is 592. The Kier molecular flexibility index (Phi) is 7.56. The van der Waals surface area contributed by atoms with Crippen molar-refractivity contribution in [3.05, 3.63) is 29.8 Å². The average molecular weight is 361 g/mol. The van der Waals surface area contributed by atoms with Crippen LogP contribution in [-0.2, 0) is 11.3 Å². The second kappa shape index (κ2) is 9.89. The van der Waals surface area contributed by atoms with Crippen LogP contribution in [0.2, 0.25) is 0 Å². The Morgan fingerprint density at radius 2 is 1.73 bits per heavy atom. The standard InChI is InChI=1S/C19H31N5O2/c1-5-20-18(21-15-16-7-9-17(10-8-16)22(3)4)23-11-13-24(14-12-23)19(25)26-6-2/h7-10H,5-6,11-15H2,1-4H3,(H,20,21). The van der Waals surface area contributed by atoms with Gasteiger partial charge in [-0.05, 0) is 31.5 Å². The summed E-state index contributed by atoms with van der Waals surface area (Å²) in [4.78, 5) is 22.6. The first kappa shape index (κ1) is 19.9. The van der Waals surface area contributed by atoms with Crippen molar-refractivity contribution in [3.8, 4) is 0 Å². The van der Waals surface area contributed by atoms with Gasteiger partial charge in [-0.3, -0.25) is 0 Å². The molecule has 1 aromatic carbocycles. The van der Waals surface area contributed by atoms with Gasteiger partial charge in [0.15, 0.2) is 5.96 Å². The summed E-state index contributed by atoms with van der Waals surface area (Å²) in [6.07, 6.45) is -0.227. The second-order valence-electron chi connectivity index (χ2n) is 6.40. The normalized spacial score (nSPS) is 15.0. The second-order valence-corrected chi connectivity index (χ2v) is 6.40. The van der Waals surface area contributed by atoms with E-state index >= 15 is 0 Å². The summed E-state index contributed by atoms with van der Waals surface area (Å²) < 4.78 is 5.08. The van der Waals surface area contributed by atoms with Gasteiger partial charge in [-0.25, -0.2) is 9.79 Å².